The molecule has 10 heteroatoms. The van der Waals surface area contributed by atoms with E-state index in [4.69, 9.17) is 0 Å². The monoisotopic (exact) mass is 330 g/mol. The molecule has 18 heavy (non-hydrogen) atoms. The summed E-state index contributed by atoms with van der Waals surface area (Å²) in [5.41, 5.74) is 0. The fraction of sp³-hybridized carbons (Fsp3) is 0.250. The van der Waals surface area contributed by atoms with E-state index in [0.717, 1.165) is 4.47 Å². The van der Waals surface area contributed by atoms with Gasteiger partial charge >= 0.3 is 5.97 Å². The molecule has 0 saturated heterocycles. The Morgan fingerprint density at radius 1 is 1.61 bits per heavy atom. The summed E-state index contributed by atoms with van der Waals surface area (Å²) in [4.78, 5) is 19.1. The van der Waals surface area contributed by atoms with Gasteiger partial charge in [0.15, 0.2) is 0 Å². The van der Waals surface area contributed by atoms with Gasteiger partial charge in [0.05, 0.1) is 11.6 Å². The van der Waals surface area contributed by atoms with Gasteiger partial charge in [0.25, 0.3) is 0 Å². The lowest BCUT2D eigenvalue weighted by atomic mass is 10.7. The van der Waals surface area contributed by atoms with Crippen LogP contribution < -0.4 is 0 Å². The second-order valence-corrected chi connectivity index (χ2v) is 4.78. The normalized spacial score (nSPS) is 10.3. The molecule has 0 aliphatic carbocycles. The van der Waals surface area contributed by atoms with Crippen molar-refractivity contribution in [1.29, 1.82) is 0 Å². The fourth-order valence-electron chi connectivity index (χ4n) is 1.02. The van der Waals surface area contributed by atoms with Crippen molar-refractivity contribution in [3.63, 3.8) is 0 Å². The van der Waals surface area contributed by atoms with E-state index < -0.39 is 5.97 Å². The first kappa shape index (κ1) is 12.9. The lowest BCUT2D eigenvalue weighted by Crippen LogP contribution is -2.13. The minimum Gasteiger partial charge on any atom is -0.468 e. The minimum atomic E-state index is -0.425. The van der Waals surface area contributed by atoms with Crippen molar-refractivity contribution in [2.75, 3.05) is 7.11 Å². The van der Waals surface area contributed by atoms with E-state index in [9.17, 15) is 4.79 Å². The number of ether oxygens (including phenoxy) is 1. The molecule has 2 aromatic rings. The molecule has 2 rings (SSSR count). The maximum Gasteiger partial charge on any atom is 0.327 e. The minimum absolute atomic E-state index is 0.0471. The number of methoxy groups -OCH3 is 1. The third kappa shape index (κ3) is 3.01. The maximum atomic E-state index is 11.2. The molecule has 0 N–H and O–H groups in total. The molecule has 0 bridgehead atoms. The summed E-state index contributed by atoms with van der Waals surface area (Å²) in [5, 5.41) is 12.1. The summed E-state index contributed by atoms with van der Waals surface area (Å²) in [7, 11) is 1.31. The highest BCUT2D eigenvalue weighted by molar-refractivity contribution is 9.10. The number of aromatic nitrogens is 6. The number of esters is 1. The number of nitrogens with zero attached hydrogens (tertiary/aromatic N) is 6. The molecule has 0 aliphatic heterocycles. The van der Waals surface area contributed by atoms with Crippen molar-refractivity contribution in [2.24, 2.45) is 0 Å². The maximum absolute atomic E-state index is 11.2. The van der Waals surface area contributed by atoms with E-state index >= 15 is 0 Å². The van der Waals surface area contributed by atoms with Crippen LogP contribution in [0.5, 0.6) is 0 Å². The topological polar surface area (TPSA) is 95.7 Å². The number of hydrogen-bond donors (Lipinski definition) is 0. The standard InChI is InChI=1S/C8H7BrN6O2S/c1-17-6(16)3-15-8(12-13-14-15)18-7-5(9)2-10-4-11-7/h2,4H,3H2,1H3. The van der Waals surface area contributed by atoms with Crippen molar-refractivity contribution >= 4 is 33.7 Å². The number of hydrogen-bond acceptors (Lipinski definition) is 8. The van der Waals surface area contributed by atoms with E-state index in [-0.39, 0.29) is 6.54 Å². The molecule has 0 unspecified atom stereocenters. The van der Waals surface area contributed by atoms with Gasteiger partial charge in [-0.2, -0.15) is 0 Å². The van der Waals surface area contributed by atoms with E-state index in [1.807, 2.05) is 0 Å². The highest BCUT2D eigenvalue weighted by Gasteiger charge is 2.14. The zero-order valence-electron chi connectivity index (χ0n) is 9.15. The van der Waals surface area contributed by atoms with Crippen LogP contribution >= 0.6 is 27.7 Å². The van der Waals surface area contributed by atoms with Crippen LogP contribution in [0.25, 0.3) is 0 Å². The molecule has 94 valence electrons. The van der Waals surface area contributed by atoms with Gasteiger partial charge in [0.1, 0.15) is 17.9 Å². The molecular weight excluding hydrogens is 324 g/mol. The predicted octanol–water partition coefficient (Wildman–Crippen LogP) is 0.550. The van der Waals surface area contributed by atoms with E-state index in [2.05, 4.69) is 46.2 Å². The summed E-state index contributed by atoms with van der Waals surface area (Å²) in [6.07, 6.45) is 3.03. The summed E-state index contributed by atoms with van der Waals surface area (Å²) < 4.78 is 6.62. The molecule has 2 aromatic heterocycles. The summed E-state index contributed by atoms with van der Waals surface area (Å²) in [6.45, 7) is -0.0471. The number of carbonyl (C=O) groups is 1. The van der Waals surface area contributed by atoms with Crippen LogP contribution in [0.2, 0.25) is 0 Å². The Kier molecular flexibility index (Phi) is 4.20. The Balaban J connectivity index is 2.18. The quantitative estimate of drug-likeness (QED) is 0.592. The SMILES string of the molecule is COC(=O)Cn1nnnc1Sc1ncncc1Br. The highest BCUT2D eigenvalue weighted by Crippen LogP contribution is 2.28. The number of tetrazole rings is 1. The first-order valence-electron chi connectivity index (χ1n) is 4.67. The fourth-order valence-corrected chi connectivity index (χ4v) is 2.19. The van der Waals surface area contributed by atoms with Crippen LogP contribution in [0.15, 0.2) is 27.2 Å². The zero-order chi connectivity index (χ0) is 13.0. The summed E-state index contributed by atoms with van der Waals surface area (Å²) >= 11 is 4.54. The van der Waals surface area contributed by atoms with Gasteiger partial charge in [-0.3, -0.25) is 4.79 Å². The molecule has 8 nitrogen and oxygen atoms in total. The third-order valence-electron chi connectivity index (χ3n) is 1.83. The van der Waals surface area contributed by atoms with Gasteiger partial charge in [0.2, 0.25) is 5.16 Å². The van der Waals surface area contributed by atoms with Crippen molar-refractivity contribution in [1.82, 2.24) is 30.2 Å². The Labute approximate surface area is 114 Å². The molecule has 0 aromatic carbocycles. The van der Waals surface area contributed by atoms with Gasteiger partial charge in [-0.15, -0.1) is 5.10 Å². The molecule has 0 amide bonds. The molecule has 0 aliphatic rings. The smallest absolute Gasteiger partial charge is 0.327 e. The predicted molar refractivity (Wildman–Crippen MR) is 63.7 cm³/mol. The summed E-state index contributed by atoms with van der Waals surface area (Å²) in [5.74, 6) is -0.425. The number of halogens is 1. The lowest BCUT2D eigenvalue weighted by Gasteiger charge is -2.03. The van der Waals surface area contributed by atoms with Crippen molar-refractivity contribution in [3.8, 4) is 0 Å². The molecule has 0 radical (unpaired) electrons. The third-order valence-corrected chi connectivity index (χ3v) is 3.66. The second kappa shape index (κ2) is 5.87. The molecule has 2 heterocycles. The second-order valence-electron chi connectivity index (χ2n) is 2.97. The van der Waals surface area contributed by atoms with E-state index in [0.29, 0.717) is 10.2 Å². The van der Waals surface area contributed by atoms with E-state index in [1.54, 1.807) is 6.20 Å². The largest absolute Gasteiger partial charge is 0.468 e. The van der Waals surface area contributed by atoms with Gasteiger partial charge in [-0.25, -0.2) is 14.6 Å². The van der Waals surface area contributed by atoms with E-state index in [1.165, 1.54) is 29.9 Å². The summed E-state index contributed by atoms with van der Waals surface area (Å²) in [6, 6.07) is 0. The van der Waals surface area contributed by atoms with Gasteiger partial charge in [-0.05, 0) is 38.1 Å². The molecular formula is C8H7BrN6O2S. The van der Waals surface area contributed by atoms with Crippen LogP contribution in [0.1, 0.15) is 0 Å². The van der Waals surface area contributed by atoms with Crippen LogP contribution in [0.3, 0.4) is 0 Å². The molecule has 0 saturated carbocycles. The van der Waals surface area contributed by atoms with Crippen LogP contribution in [0.4, 0.5) is 0 Å². The number of rotatable bonds is 4. The Morgan fingerprint density at radius 2 is 2.44 bits per heavy atom. The molecule has 0 spiro atoms. The van der Waals surface area contributed by atoms with Crippen molar-refractivity contribution in [2.45, 2.75) is 16.7 Å². The van der Waals surface area contributed by atoms with Crippen LogP contribution in [-0.2, 0) is 16.1 Å². The van der Waals surface area contributed by atoms with Crippen LogP contribution in [0, 0.1) is 0 Å². The molecule has 0 atom stereocenters. The van der Waals surface area contributed by atoms with Crippen molar-refractivity contribution in [3.05, 3.63) is 17.0 Å². The zero-order valence-corrected chi connectivity index (χ0v) is 11.6. The Hall–Kier alpha value is -1.55. The van der Waals surface area contributed by atoms with Gasteiger partial charge in [0, 0.05) is 6.20 Å². The average molecular weight is 331 g/mol. The van der Waals surface area contributed by atoms with Crippen molar-refractivity contribution < 1.29 is 9.53 Å². The highest BCUT2D eigenvalue weighted by atomic mass is 79.9. The molecule has 0 fully saturated rings. The first-order valence-corrected chi connectivity index (χ1v) is 6.28. The average Bonchev–Trinajstić information content (AvgIpc) is 2.79. The Morgan fingerprint density at radius 3 is 3.17 bits per heavy atom. The van der Waals surface area contributed by atoms with Crippen LogP contribution in [-0.4, -0.2) is 43.3 Å². The number of carbonyl (C=O) groups excluding carboxylic acids is 1. The Bertz CT molecular complexity index is 562. The van der Waals surface area contributed by atoms with Gasteiger partial charge < -0.3 is 4.74 Å². The first-order chi connectivity index (χ1) is 8.70. The van der Waals surface area contributed by atoms with Gasteiger partial charge in [-0.1, -0.05) is 0 Å². The lowest BCUT2D eigenvalue weighted by molar-refractivity contribution is -0.141.